The molecule has 1 aliphatic rings. The van der Waals surface area contributed by atoms with Crippen LogP contribution in [0.1, 0.15) is 26.2 Å². The van der Waals surface area contributed by atoms with E-state index in [-0.39, 0.29) is 24.3 Å². The number of amides is 1. The van der Waals surface area contributed by atoms with Crippen LogP contribution in [0.25, 0.3) is 0 Å². The lowest BCUT2D eigenvalue weighted by Gasteiger charge is -2.37. The number of hydrogen-bond acceptors (Lipinski definition) is 4. The normalized spacial score (nSPS) is 19.8. The van der Waals surface area contributed by atoms with Crippen molar-refractivity contribution in [2.75, 3.05) is 19.3 Å². The number of nitrogens with zero attached hydrogens (tertiary/aromatic N) is 1. The van der Waals surface area contributed by atoms with Gasteiger partial charge in [0.2, 0.25) is 10.0 Å². The van der Waals surface area contributed by atoms with E-state index in [9.17, 15) is 17.6 Å². The van der Waals surface area contributed by atoms with Crippen molar-refractivity contribution in [3.05, 3.63) is 30.1 Å². The maximum absolute atomic E-state index is 12.9. The Kier molecular flexibility index (Phi) is 6.17. The van der Waals surface area contributed by atoms with Crippen molar-refractivity contribution in [1.29, 1.82) is 0 Å². The van der Waals surface area contributed by atoms with Crippen LogP contribution in [0.3, 0.4) is 0 Å². The molecular weight excluding hydrogens is 335 g/mol. The highest BCUT2D eigenvalue weighted by Crippen LogP contribution is 2.20. The van der Waals surface area contributed by atoms with Gasteiger partial charge in [-0.05, 0) is 50.5 Å². The van der Waals surface area contributed by atoms with E-state index in [0.29, 0.717) is 12.3 Å². The highest BCUT2D eigenvalue weighted by atomic mass is 32.2. The summed E-state index contributed by atoms with van der Waals surface area (Å²) in [6, 6.07) is 5.30. The van der Waals surface area contributed by atoms with E-state index in [1.165, 1.54) is 24.3 Å². The number of ether oxygens (including phenoxy) is 1. The van der Waals surface area contributed by atoms with Crippen LogP contribution in [0.2, 0.25) is 0 Å². The van der Waals surface area contributed by atoms with Crippen LogP contribution < -0.4 is 9.46 Å². The fourth-order valence-corrected chi connectivity index (χ4v) is 3.25. The summed E-state index contributed by atoms with van der Waals surface area (Å²) in [5.74, 6) is -0.149. The van der Waals surface area contributed by atoms with E-state index in [2.05, 4.69) is 4.72 Å². The predicted octanol–water partition coefficient (Wildman–Crippen LogP) is 1.52. The number of carbonyl (C=O) groups is 1. The largest absolute Gasteiger partial charge is 0.481 e. The minimum absolute atomic E-state index is 0.180. The Bertz CT molecular complexity index is 663. The first-order valence-electron chi connectivity index (χ1n) is 7.93. The Labute approximate surface area is 142 Å². The number of benzene rings is 1. The van der Waals surface area contributed by atoms with Crippen LogP contribution in [0.4, 0.5) is 4.39 Å². The summed E-state index contributed by atoms with van der Waals surface area (Å²) in [5.41, 5.74) is 0. The quantitative estimate of drug-likeness (QED) is 0.837. The van der Waals surface area contributed by atoms with Gasteiger partial charge < -0.3 is 9.64 Å². The lowest BCUT2D eigenvalue weighted by atomic mass is 10.0. The van der Waals surface area contributed by atoms with Crippen LogP contribution in [0.15, 0.2) is 24.3 Å². The van der Waals surface area contributed by atoms with Crippen molar-refractivity contribution in [3.8, 4) is 5.75 Å². The van der Waals surface area contributed by atoms with E-state index < -0.39 is 16.1 Å². The molecule has 1 amide bonds. The number of piperidine rings is 1. The molecular formula is C16H23FN2O4S. The maximum atomic E-state index is 12.9. The van der Waals surface area contributed by atoms with Gasteiger partial charge in [-0.2, -0.15) is 0 Å². The van der Waals surface area contributed by atoms with Gasteiger partial charge >= 0.3 is 0 Å². The fraction of sp³-hybridized carbons (Fsp3) is 0.562. The van der Waals surface area contributed by atoms with Gasteiger partial charge in [-0.25, -0.2) is 17.5 Å². The van der Waals surface area contributed by atoms with Gasteiger partial charge in [-0.3, -0.25) is 4.79 Å². The molecule has 0 aliphatic carbocycles. The van der Waals surface area contributed by atoms with Gasteiger partial charge in [0.05, 0.1) is 6.26 Å². The number of rotatable bonds is 6. The zero-order valence-corrected chi connectivity index (χ0v) is 14.7. The minimum Gasteiger partial charge on any atom is -0.481 e. The number of sulfonamides is 1. The molecule has 0 aromatic heterocycles. The molecule has 2 atom stereocenters. The predicted molar refractivity (Wildman–Crippen MR) is 88.7 cm³/mol. The third-order valence-electron chi connectivity index (χ3n) is 3.97. The molecule has 24 heavy (non-hydrogen) atoms. The first-order valence-corrected chi connectivity index (χ1v) is 9.83. The summed E-state index contributed by atoms with van der Waals surface area (Å²) in [5, 5.41) is 0. The zero-order chi connectivity index (χ0) is 17.7. The Balaban J connectivity index is 2.00. The van der Waals surface area contributed by atoms with Crippen molar-refractivity contribution in [3.63, 3.8) is 0 Å². The molecule has 1 aromatic carbocycles. The van der Waals surface area contributed by atoms with E-state index in [1.807, 2.05) is 0 Å². The molecule has 1 N–H and O–H groups in total. The van der Waals surface area contributed by atoms with Crippen molar-refractivity contribution >= 4 is 15.9 Å². The molecule has 1 aromatic rings. The van der Waals surface area contributed by atoms with Crippen LogP contribution in [0.5, 0.6) is 5.75 Å². The lowest BCUT2D eigenvalue weighted by Crippen LogP contribution is -2.52. The summed E-state index contributed by atoms with van der Waals surface area (Å²) in [6.07, 6.45) is 2.95. The highest BCUT2D eigenvalue weighted by Gasteiger charge is 2.31. The summed E-state index contributed by atoms with van der Waals surface area (Å²) in [4.78, 5) is 14.3. The average Bonchev–Trinajstić information content (AvgIpc) is 2.54. The summed E-state index contributed by atoms with van der Waals surface area (Å²) in [7, 11) is -3.30. The van der Waals surface area contributed by atoms with Crippen LogP contribution in [-0.4, -0.2) is 50.7 Å². The van der Waals surface area contributed by atoms with Crippen LogP contribution in [0, 0.1) is 5.82 Å². The van der Waals surface area contributed by atoms with Crippen molar-refractivity contribution in [2.45, 2.75) is 38.3 Å². The number of halogens is 1. The number of hydrogen-bond donors (Lipinski definition) is 1. The van der Waals surface area contributed by atoms with Crippen molar-refractivity contribution in [2.24, 2.45) is 0 Å². The molecule has 0 bridgehead atoms. The molecule has 6 nitrogen and oxygen atoms in total. The second kappa shape index (κ2) is 7.94. The highest BCUT2D eigenvalue weighted by molar-refractivity contribution is 7.88. The van der Waals surface area contributed by atoms with E-state index in [4.69, 9.17) is 4.74 Å². The van der Waals surface area contributed by atoms with Gasteiger partial charge in [0.1, 0.15) is 11.6 Å². The van der Waals surface area contributed by atoms with Gasteiger partial charge in [-0.15, -0.1) is 0 Å². The number of nitrogens with one attached hydrogen (secondary N) is 1. The van der Waals surface area contributed by atoms with Gasteiger partial charge in [-0.1, -0.05) is 0 Å². The third kappa shape index (κ3) is 5.45. The molecule has 8 heteroatoms. The minimum atomic E-state index is -3.30. The van der Waals surface area contributed by atoms with E-state index in [0.717, 1.165) is 25.5 Å². The zero-order valence-electron chi connectivity index (χ0n) is 13.9. The molecule has 2 rings (SSSR count). The molecule has 1 fully saturated rings. The monoisotopic (exact) mass is 358 g/mol. The summed E-state index contributed by atoms with van der Waals surface area (Å²) >= 11 is 0. The molecule has 0 unspecified atom stereocenters. The Morgan fingerprint density at radius 2 is 2.04 bits per heavy atom. The Morgan fingerprint density at radius 1 is 1.38 bits per heavy atom. The van der Waals surface area contributed by atoms with Gasteiger partial charge in [0.15, 0.2) is 6.10 Å². The third-order valence-corrected chi connectivity index (χ3v) is 4.66. The maximum Gasteiger partial charge on any atom is 0.263 e. The van der Waals surface area contributed by atoms with Crippen LogP contribution >= 0.6 is 0 Å². The molecule has 1 aliphatic heterocycles. The van der Waals surface area contributed by atoms with Crippen LogP contribution in [-0.2, 0) is 14.8 Å². The second-order valence-corrected chi connectivity index (χ2v) is 7.85. The topological polar surface area (TPSA) is 75.7 Å². The number of likely N-dealkylation sites (tertiary alicyclic amines) is 1. The number of carbonyl (C=O) groups excluding carboxylic acids is 1. The lowest BCUT2D eigenvalue weighted by molar-refractivity contribution is -0.141. The average molecular weight is 358 g/mol. The van der Waals surface area contributed by atoms with E-state index in [1.54, 1.807) is 11.8 Å². The fourth-order valence-electron chi connectivity index (χ4n) is 2.75. The van der Waals surface area contributed by atoms with Crippen molar-refractivity contribution < 1.29 is 22.3 Å². The molecule has 1 heterocycles. The first kappa shape index (κ1) is 18.7. The molecule has 1 saturated heterocycles. The Hall–Kier alpha value is -1.67. The Morgan fingerprint density at radius 3 is 2.67 bits per heavy atom. The summed E-state index contributed by atoms with van der Waals surface area (Å²) < 4.78 is 43.5. The molecule has 0 spiro atoms. The summed E-state index contributed by atoms with van der Waals surface area (Å²) in [6.45, 7) is 2.42. The van der Waals surface area contributed by atoms with Crippen molar-refractivity contribution in [1.82, 2.24) is 9.62 Å². The molecule has 134 valence electrons. The van der Waals surface area contributed by atoms with E-state index >= 15 is 0 Å². The SMILES string of the molecule is C[C@H](Oc1ccc(F)cc1)C(=O)N1CCCC[C@H]1CNS(C)(=O)=O. The van der Waals surface area contributed by atoms with Gasteiger partial charge in [0.25, 0.3) is 5.91 Å². The second-order valence-electron chi connectivity index (χ2n) is 6.02. The molecule has 0 radical (unpaired) electrons. The smallest absolute Gasteiger partial charge is 0.263 e. The standard InChI is InChI=1S/C16H23FN2O4S/c1-12(23-15-8-6-13(17)7-9-15)16(20)19-10-4-3-5-14(19)11-18-24(2,21)22/h6-9,12,14,18H,3-5,10-11H2,1-2H3/t12-,14-/m0/s1. The first-order chi connectivity index (χ1) is 11.3. The molecule has 0 saturated carbocycles. The van der Waals surface area contributed by atoms with Gasteiger partial charge in [0, 0.05) is 19.1 Å².